The van der Waals surface area contributed by atoms with E-state index in [1.54, 1.807) is 18.4 Å². The quantitative estimate of drug-likeness (QED) is 0.464. The molecule has 0 N–H and O–H groups in total. The van der Waals surface area contributed by atoms with E-state index in [0.717, 1.165) is 23.5 Å². The number of ketones is 1. The molecule has 0 aliphatic heterocycles. The molecule has 0 aliphatic carbocycles. The highest BCUT2D eigenvalue weighted by Gasteiger charge is 2.12. The normalized spacial score (nSPS) is 11.6. The Morgan fingerprint density at radius 3 is 2.35 bits per heavy atom. The number of pyridine rings is 1. The summed E-state index contributed by atoms with van der Waals surface area (Å²) in [6, 6.07) is 6.86. The fourth-order valence-corrected chi connectivity index (χ4v) is 2.56. The molecule has 0 saturated heterocycles. The number of carbonyl (C=O) groups is 1. The molecule has 0 atom stereocenters. The molecule has 3 nitrogen and oxygen atoms in total. The Labute approximate surface area is 137 Å². The van der Waals surface area contributed by atoms with Gasteiger partial charge in [0.25, 0.3) is 0 Å². The van der Waals surface area contributed by atoms with Gasteiger partial charge in [0.2, 0.25) is 0 Å². The third-order valence-electron chi connectivity index (χ3n) is 3.11. The van der Waals surface area contributed by atoms with Gasteiger partial charge in [-0.05, 0) is 44.4 Å². The van der Waals surface area contributed by atoms with E-state index in [0.29, 0.717) is 10.6 Å². The van der Waals surface area contributed by atoms with Crippen molar-refractivity contribution in [3.05, 3.63) is 58.9 Å². The standard InChI is InChI=1S/C17H16F2N2OS/c1-10-6-12(7-11(2)20-10)16(22)9-17(23-3)21-13-4-5-14(18)15(19)8-13/h4-8H,9H2,1-3H3. The molecular formula is C17H16F2N2OS. The summed E-state index contributed by atoms with van der Waals surface area (Å²) in [5.74, 6) is -1.97. The van der Waals surface area contributed by atoms with Gasteiger partial charge in [0, 0.05) is 23.0 Å². The summed E-state index contributed by atoms with van der Waals surface area (Å²) in [5, 5.41) is 0.535. The lowest BCUT2D eigenvalue weighted by Gasteiger charge is -2.06. The maximum Gasteiger partial charge on any atom is 0.169 e. The summed E-state index contributed by atoms with van der Waals surface area (Å²) in [6.07, 6.45) is 1.89. The van der Waals surface area contributed by atoms with Crippen molar-refractivity contribution in [2.75, 3.05) is 6.26 Å². The van der Waals surface area contributed by atoms with Crippen molar-refractivity contribution in [2.45, 2.75) is 20.3 Å². The third kappa shape index (κ3) is 4.69. The number of aromatic nitrogens is 1. The molecule has 120 valence electrons. The second kappa shape index (κ2) is 7.46. The van der Waals surface area contributed by atoms with Crippen LogP contribution >= 0.6 is 11.8 Å². The highest BCUT2D eigenvalue weighted by molar-refractivity contribution is 8.13. The lowest BCUT2D eigenvalue weighted by molar-refractivity contribution is 0.100. The molecular weight excluding hydrogens is 318 g/mol. The van der Waals surface area contributed by atoms with E-state index in [4.69, 9.17) is 0 Å². The minimum absolute atomic E-state index is 0.0886. The number of hydrogen-bond acceptors (Lipinski definition) is 4. The fourth-order valence-electron chi connectivity index (χ4n) is 2.09. The van der Waals surface area contributed by atoms with E-state index < -0.39 is 11.6 Å². The van der Waals surface area contributed by atoms with Gasteiger partial charge in [0.1, 0.15) is 0 Å². The maximum absolute atomic E-state index is 13.2. The van der Waals surface area contributed by atoms with Gasteiger partial charge >= 0.3 is 0 Å². The Kier molecular flexibility index (Phi) is 5.60. The van der Waals surface area contributed by atoms with E-state index >= 15 is 0 Å². The molecule has 0 radical (unpaired) electrons. The number of carbonyl (C=O) groups excluding carboxylic acids is 1. The Bertz CT molecular complexity index is 755. The fraction of sp³-hybridized carbons (Fsp3) is 0.235. The van der Waals surface area contributed by atoms with Crippen LogP contribution in [0.4, 0.5) is 14.5 Å². The molecule has 1 heterocycles. The van der Waals surface area contributed by atoms with Crippen molar-refractivity contribution >= 4 is 28.3 Å². The van der Waals surface area contributed by atoms with E-state index in [9.17, 15) is 13.6 Å². The second-order valence-corrected chi connectivity index (χ2v) is 5.93. The number of benzene rings is 1. The molecule has 0 unspecified atom stereocenters. The monoisotopic (exact) mass is 334 g/mol. The zero-order valence-corrected chi connectivity index (χ0v) is 13.9. The number of aliphatic imine (C=N–C) groups is 1. The first kappa shape index (κ1) is 17.3. The summed E-state index contributed by atoms with van der Waals surface area (Å²) in [6.45, 7) is 3.66. The van der Waals surface area contributed by atoms with Crippen molar-refractivity contribution in [3.8, 4) is 0 Å². The number of hydrogen-bond donors (Lipinski definition) is 0. The molecule has 0 amide bonds. The molecule has 0 aliphatic rings. The zero-order chi connectivity index (χ0) is 17.0. The van der Waals surface area contributed by atoms with E-state index in [1.807, 2.05) is 13.8 Å². The smallest absolute Gasteiger partial charge is 0.169 e. The third-order valence-corrected chi connectivity index (χ3v) is 3.81. The van der Waals surface area contributed by atoms with E-state index in [2.05, 4.69) is 9.98 Å². The van der Waals surface area contributed by atoms with Crippen molar-refractivity contribution in [3.63, 3.8) is 0 Å². The molecule has 1 aromatic heterocycles. The van der Waals surface area contributed by atoms with Crippen LogP contribution in [0.1, 0.15) is 28.2 Å². The molecule has 1 aromatic carbocycles. The first-order valence-corrected chi connectivity index (χ1v) is 8.16. The van der Waals surface area contributed by atoms with Gasteiger partial charge in [-0.1, -0.05) is 0 Å². The average molecular weight is 334 g/mol. The van der Waals surface area contributed by atoms with Crippen molar-refractivity contribution in [1.82, 2.24) is 4.98 Å². The van der Waals surface area contributed by atoms with Gasteiger partial charge in [-0.25, -0.2) is 13.8 Å². The van der Waals surface area contributed by atoms with Gasteiger partial charge in [0.05, 0.1) is 17.2 Å². The molecule has 0 fully saturated rings. The second-order valence-electron chi connectivity index (χ2n) is 5.05. The lowest BCUT2D eigenvalue weighted by atomic mass is 10.1. The maximum atomic E-state index is 13.2. The van der Waals surface area contributed by atoms with Crippen LogP contribution in [0.25, 0.3) is 0 Å². The van der Waals surface area contributed by atoms with Crippen LogP contribution in [0.2, 0.25) is 0 Å². The summed E-state index contributed by atoms with van der Waals surface area (Å²) in [4.78, 5) is 20.8. The van der Waals surface area contributed by atoms with Crippen LogP contribution in [-0.2, 0) is 0 Å². The van der Waals surface area contributed by atoms with Crippen molar-refractivity contribution < 1.29 is 13.6 Å². The van der Waals surface area contributed by atoms with Crippen LogP contribution in [0.5, 0.6) is 0 Å². The summed E-state index contributed by atoms with van der Waals surface area (Å²) < 4.78 is 26.2. The van der Waals surface area contributed by atoms with Crippen molar-refractivity contribution in [2.24, 2.45) is 4.99 Å². The van der Waals surface area contributed by atoms with Crippen LogP contribution in [0, 0.1) is 25.5 Å². The Morgan fingerprint density at radius 1 is 1.13 bits per heavy atom. The largest absolute Gasteiger partial charge is 0.294 e. The summed E-state index contributed by atoms with van der Waals surface area (Å²) >= 11 is 1.30. The minimum Gasteiger partial charge on any atom is -0.294 e. The highest BCUT2D eigenvalue weighted by atomic mass is 32.2. The number of rotatable bonds is 4. The topological polar surface area (TPSA) is 42.3 Å². The Morgan fingerprint density at radius 2 is 1.78 bits per heavy atom. The van der Waals surface area contributed by atoms with Crippen molar-refractivity contribution in [1.29, 1.82) is 0 Å². The van der Waals surface area contributed by atoms with Crippen LogP contribution in [-0.4, -0.2) is 22.1 Å². The number of Topliss-reactive ketones (excluding diaryl/α,β-unsaturated/α-hetero) is 1. The molecule has 2 aromatic rings. The first-order valence-electron chi connectivity index (χ1n) is 6.94. The van der Waals surface area contributed by atoms with Crippen LogP contribution < -0.4 is 0 Å². The number of thioether (sulfide) groups is 1. The SMILES string of the molecule is CSC(CC(=O)c1cc(C)nc(C)c1)=Nc1ccc(F)c(F)c1. The summed E-state index contributed by atoms with van der Waals surface area (Å²) in [5.41, 5.74) is 2.40. The van der Waals surface area contributed by atoms with E-state index in [-0.39, 0.29) is 17.9 Å². The van der Waals surface area contributed by atoms with Gasteiger partial charge < -0.3 is 0 Å². The van der Waals surface area contributed by atoms with E-state index in [1.165, 1.54) is 17.8 Å². The first-order chi connectivity index (χ1) is 10.9. The molecule has 6 heteroatoms. The van der Waals surface area contributed by atoms with Crippen LogP contribution in [0.15, 0.2) is 35.3 Å². The summed E-state index contributed by atoms with van der Waals surface area (Å²) in [7, 11) is 0. The molecule has 0 bridgehead atoms. The van der Waals surface area contributed by atoms with Gasteiger partial charge in [-0.15, -0.1) is 11.8 Å². The highest BCUT2D eigenvalue weighted by Crippen LogP contribution is 2.20. The zero-order valence-electron chi connectivity index (χ0n) is 13.1. The van der Waals surface area contributed by atoms with Gasteiger partial charge in [-0.2, -0.15) is 0 Å². The number of halogens is 2. The Balaban J connectivity index is 2.22. The predicted octanol–water partition coefficient (Wildman–Crippen LogP) is 4.64. The van der Waals surface area contributed by atoms with Crippen LogP contribution in [0.3, 0.4) is 0 Å². The number of nitrogens with zero attached hydrogens (tertiary/aromatic N) is 2. The van der Waals surface area contributed by atoms with Gasteiger partial charge in [-0.3, -0.25) is 9.78 Å². The molecule has 2 rings (SSSR count). The Hall–Kier alpha value is -2.08. The van der Waals surface area contributed by atoms with Gasteiger partial charge in [0.15, 0.2) is 17.4 Å². The molecule has 0 spiro atoms. The molecule has 0 saturated carbocycles. The predicted molar refractivity (Wildman–Crippen MR) is 89.6 cm³/mol. The minimum atomic E-state index is -0.960. The average Bonchev–Trinajstić information content (AvgIpc) is 2.49. The molecule has 23 heavy (non-hydrogen) atoms. The number of aryl methyl sites for hydroxylation is 2. The lowest BCUT2D eigenvalue weighted by Crippen LogP contribution is -2.06.